The number of rotatable bonds is 6. The molecule has 1 aliphatic rings. The van der Waals surface area contributed by atoms with Crippen LogP contribution >= 0.6 is 0 Å². The van der Waals surface area contributed by atoms with Gasteiger partial charge in [0.15, 0.2) is 0 Å². The number of aromatic nitrogens is 1. The highest BCUT2D eigenvalue weighted by atomic mass is 16.2. The molecule has 5 nitrogen and oxygen atoms in total. The Bertz CT molecular complexity index is 469. The predicted octanol–water partition coefficient (Wildman–Crippen LogP) is 2.09. The van der Waals surface area contributed by atoms with Crippen molar-refractivity contribution in [3.05, 3.63) is 29.6 Å². The number of hydrogen-bond acceptors (Lipinski definition) is 4. The Morgan fingerprint density at radius 3 is 2.76 bits per heavy atom. The highest BCUT2D eigenvalue weighted by molar-refractivity contribution is 5.91. The fourth-order valence-electron chi connectivity index (χ4n) is 3.06. The van der Waals surface area contributed by atoms with Gasteiger partial charge < -0.3 is 0 Å². The summed E-state index contributed by atoms with van der Waals surface area (Å²) < 4.78 is 0. The van der Waals surface area contributed by atoms with Gasteiger partial charge in [-0.2, -0.15) is 0 Å². The van der Waals surface area contributed by atoms with Crippen molar-refractivity contribution in [3.8, 4) is 0 Å². The fraction of sp³-hybridized carbons (Fsp3) is 0.625. The number of nitrogens with zero attached hydrogens (tertiary/aromatic N) is 2. The van der Waals surface area contributed by atoms with E-state index in [0.717, 1.165) is 18.8 Å². The fourth-order valence-corrected chi connectivity index (χ4v) is 3.06. The van der Waals surface area contributed by atoms with E-state index >= 15 is 0 Å². The number of carbonyl (C=O) groups is 1. The van der Waals surface area contributed by atoms with E-state index in [4.69, 9.17) is 5.84 Å². The molecule has 1 fully saturated rings. The van der Waals surface area contributed by atoms with Crippen LogP contribution in [-0.2, 0) is 6.54 Å². The van der Waals surface area contributed by atoms with Crippen molar-refractivity contribution in [1.82, 2.24) is 15.3 Å². The van der Waals surface area contributed by atoms with Crippen molar-refractivity contribution in [2.24, 2.45) is 11.8 Å². The summed E-state index contributed by atoms with van der Waals surface area (Å²) in [7, 11) is 0. The molecule has 0 saturated heterocycles. The van der Waals surface area contributed by atoms with Gasteiger partial charge in [0.05, 0.1) is 5.69 Å². The molecule has 0 bridgehead atoms. The number of carbonyl (C=O) groups excluding carboxylic acids is 1. The molecule has 5 heteroatoms. The Hall–Kier alpha value is -1.46. The summed E-state index contributed by atoms with van der Waals surface area (Å²) in [6.45, 7) is 6.36. The Morgan fingerprint density at radius 2 is 2.14 bits per heavy atom. The van der Waals surface area contributed by atoms with Gasteiger partial charge in [0.2, 0.25) is 0 Å². The first kappa shape index (κ1) is 15.9. The van der Waals surface area contributed by atoms with Crippen LogP contribution in [0.1, 0.15) is 55.7 Å². The van der Waals surface area contributed by atoms with E-state index in [0.29, 0.717) is 17.7 Å². The summed E-state index contributed by atoms with van der Waals surface area (Å²) in [5, 5.41) is 0. The van der Waals surface area contributed by atoms with Gasteiger partial charge in [-0.3, -0.25) is 15.1 Å². The first-order valence-corrected chi connectivity index (χ1v) is 7.81. The number of hydrogen-bond donors (Lipinski definition) is 2. The monoisotopic (exact) mass is 290 g/mol. The van der Waals surface area contributed by atoms with Crippen LogP contribution in [0, 0.1) is 5.92 Å². The van der Waals surface area contributed by atoms with Crippen molar-refractivity contribution in [2.45, 2.75) is 52.1 Å². The Balaban J connectivity index is 2.10. The summed E-state index contributed by atoms with van der Waals surface area (Å²) in [6.07, 6.45) is 5.19. The zero-order chi connectivity index (χ0) is 15.2. The topological polar surface area (TPSA) is 71.2 Å². The molecule has 1 heterocycles. The lowest BCUT2D eigenvalue weighted by atomic mass is 10.1. The van der Waals surface area contributed by atoms with E-state index in [1.54, 1.807) is 6.07 Å². The molecule has 21 heavy (non-hydrogen) atoms. The highest BCUT2D eigenvalue weighted by Crippen LogP contribution is 2.25. The molecular formula is C16H26N4O. The molecule has 1 aromatic rings. The van der Waals surface area contributed by atoms with E-state index < -0.39 is 0 Å². The summed E-state index contributed by atoms with van der Waals surface area (Å²) in [5.74, 6) is 5.46. The molecule has 3 N–H and O–H groups in total. The van der Waals surface area contributed by atoms with Gasteiger partial charge in [0.1, 0.15) is 5.69 Å². The maximum atomic E-state index is 11.6. The number of pyridine rings is 1. The minimum absolute atomic E-state index is 0.340. The van der Waals surface area contributed by atoms with Crippen molar-refractivity contribution in [1.29, 1.82) is 0 Å². The lowest BCUT2D eigenvalue weighted by Gasteiger charge is -2.30. The van der Waals surface area contributed by atoms with Gasteiger partial charge in [-0.25, -0.2) is 10.8 Å². The van der Waals surface area contributed by atoms with Crippen molar-refractivity contribution >= 4 is 5.91 Å². The third-order valence-electron chi connectivity index (χ3n) is 3.98. The molecule has 0 atom stereocenters. The van der Waals surface area contributed by atoms with Crippen molar-refractivity contribution in [2.75, 3.05) is 6.54 Å². The summed E-state index contributed by atoms with van der Waals surface area (Å²) in [5.41, 5.74) is 3.45. The standard InChI is InChI=1S/C16H26N4O/c1-12(2)10-20(14-7-3-4-8-14)11-13-6-5-9-15(18-13)16(21)19-17/h5-6,9,12,14H,3-4,7-8,10-11,17H2,1-2H3,(H,19,21). The molecule has 0 spiro atoms. The second-order valence-corrected chi connectivity index (χ2v) is 6.25. The Morgan fingerprint density at radius 1 is 1.43 bits per heavy atom. The first-order valence-electron chi connectivity index (χ1n) is 7.81. The number of nitrogens with one attached hydrogen (secondary N) is 1. The van der Waals surface area contributed by atoms with E-state index in [1.807, 2.05) is 12.1 Å². The first-order chi connectivity index (χ1) is 10.1. The lowest BCUT2D eigenvalue weighted by Crippen LogP contribution is -2.36. The largest absolute Gasteiger partial charge is 0.294 e. The molecular weight excluding hydrogens is 264 g/mol. The van der Waals surface area contributed by atoms with Gasteiger partial charge in [-0.1, -0.05) is 32.8 Å². The van der Waals surface area contributed by atoms with Gasteiger partial charge in [0, 0.05) is 19.1 Å². The van der Waals surface area contributed by atoms with Crippen LogP contribution in [0.3, 0.4) is 0 Å². The Kier molecular flexibility index (Phi) is 5.70. The smallest absolute Gasteiger partial charge is 0.283 e. The molecule has 1 amide bonds. The number of hydrazine groups is 1. The van der Waals surface area contributed by atoms with Crippen LogP contribution in [0.2, 0.25) is 0 Å². The molecule has 1 aliphatic carbocycles. The van der Waals surface area contributed by atoms with Gasteiger partial charge >= 0.3 is 0 Å². The quantitative estimate of drug-likeness (QED) is 0.478. The highest BCUT2D eigenvalue weighted by Gasteiger charge is 2.23. The molecule has 0 aliphatic heterocycles. The van der Waals surface area contributed by atoms with Gasteiger partial charge in [-0.15, -0.1) is 0 Å². The van der Waals surface area contributed by atoms with Crippen molar-refractivity contribution < 1.29 is 4.79 Å². The van der Waals surface area contributed by atoms with Crippen LogP contribution < -0.4 is 11.3 Å². The zero-order valence-electron chi connectivity index (χ0n) is 13.0. The van der Waals surface area contributed by atoms with Gasteiger partial charge in [0.25, 0.3) is 5.91 Å². The average molecular weight is 290 g/mol. The molecule has 1 aromatic heterocycles. The van der Waals surface area contributed by atoms with Crippen LogP contribution in [0.15, 0.2) is 18.2 Å². The van der Waals surface area contributed by atoms with Crippen molar-refractivity contribution in [3.63, 3.8) is 0 Å². The average Bonchev–Trinajstić information content (AvgIpc) is 3.00. The van der Waals surface area contributed by atoms with Crippen LogP contribution in [0.4, 0.5) is 0 Å². The SMILES string of the molecule is CC(C)CN(Cc1cccc(C(=O)NN)n1)C1CCCC1. The summed E-state index contributed by atoms with van der Waals surface area (Å²) in [6, 6.07) is 6.19. The zero-order valence-corrected chi connectivity index (χ0v) is 13.0. The molecule has 0 aromatic carbocycles. The maximum Gasteiger partial charge on any atom is 0.283 e. The molecule has 0 radical (unpaired) electrons. The number of nitrogens with two attached hydrogens (primary N) is 1. The minimum Gasteiger partial charge on any atom is -0.294 e. The summed E-state index contributed by atoms with van der Waals surface area (Å²) >= 11 is 0. The lowest BCUT2D eigenvalue weighted by molar-refractivity contribution is 0.0947. The van der Waals surface area contributed by atoms with Gasteiger partial charge in [-0.05, 0) is 30.9 Å². The predicted molar refractivity (Wildman–Crippen MR) is 83.4 cm³/mol. The Labute approximate surface area is 126 Å². The second-order valence-electron chi connectivity index (χ2n) is 6.25. The number of nitrogen functional groups attached to an aromatic ring is 1. The maximum absolute atomic E-state index is 11.6. The third kappa shape index (κ3) is 4.51. The second kappa shape index (κ2) is 7.52. The minimum atomic E-state index is -0.340. The van der Waals surface area contributed by atoms with Crippen LogP contribution in [0.25, 0.3) is 0 Å². The number of amides is 1. The van der Waals surface area contributed by atoms with Crippen LogP contribution in [-0.4, -0.2) is 28.4 Å². The third-order valence-corrected chi connectivity index (χ3v) is 3.98. The molecule has 0 unspecified atom stereocenters. The van der Waals surface area contributed by atoms with Crippen LogP contribution in [0.5, 0.6) is 0 Å². The molecule has 1 saturated carbocycles. The van der Waals surface area contributed by atoms with E-state index in [-0.39, 0.29) is 5.91 Å². The van der Waals surface area contributed by atoms with E-state index in [9.17, 15) is 4.79 Å². The van der Waals surface area contributed by atoms with E-state index in [1.165, 1.54) is 25.7 Å². The molecule has 2 rings (SSSR count). The normalized spacial score (nSPS) is 15.9. The molecule has 116 valence electrons. The summed E-state index contributed by atoms with van der Waals surface area (Å²) in [4.78, 5) is 18.5. The van der Waals surface area contributed by atoms with E-state index in [2.05, 4.69) is 29.2 Å².